The molecular formula is C15H16N2O3. The maximum Gasteiger partial charge on any atom is 0.231 e. The number of carbonyl (C=O) groups excluding carboxylic acids is 1. The summed E-state index contributed by atoms with van der Waals surface area (Å²) in [5, 5.41) is 10.1. The van der Waals surface area contributed by atoms with Crippen LogP contribution in [0.4, 0.5) is 0 Å². The number of imidazole rings is 1. The van der Waals surface area contributed by atoms with E-state index in [4.69, 9.17) is 4.74 Å². The van der Waals surface area contributed by atoms with Gasteiger partial charge in [0, 0.05) is 5.56 Å². The molecule has 0 spiro atoms. The molecule has 1 aromatic heterocycles. The molecule has 0 saturated heterocycles. The predicted molar refractivity (Wildman–Crippen MR) is 72.5 cm³/mol. The molecule has 1 aliphatic rings. The summed E-state index contributed by atoms with van der Waals surface area (Å²) >= 11 is 0. The van der Waals surface area contributed by atoms with E-state index in [0.717, 1.165) is 41.8 Å². The largest absolute Gasteiger partial charge is 0.497 e. The topological polar surface area (TPSA) is 64.3 Å². The number of aromatic nitrogens is 2. The third kappa shape index (κ3) is 2.05. The molecule has 1 N–H and O–H groups in total. The van der Waals surface area contributed by atoms with E-state index in [1.54, 1.807) is 31.4 Å². The minimum atomic E-state index is -0.274. The van der Waals surface area contributed by atoms with E-state index in [2.05, 4.69) is 4.98 Å². The number of ketones is 1. The first-order valence-electron chi connectivity index (χ1n) is 6.69. The Hall–Kier alpha value is -2.30. The van der Waals surface area contributed by atoms with E-state index in [1.807, 2.05) is 0 Å². The van der Waals surface area contributed by atoms with Crippen molar-refractivity contribution < 1.29 is 14.7 Å². The SMILES string of the molecule is COc1ccc(C(=O)c2nc3c(n2O)CCCC3)cc1. The van der Waals surface area contributed by atoms with Gasteiger partial charge in [0.2, 0.25) is 11.6 Å². The zero-order chi connectivity index (χ0) is 14.1. The molecule has 0 amide bonds. The van der Waals surface area contributed by atoms with Crippen molar-refractivity contribution >= 4 is 5.78 Å². The number of ether oxygens (including phenoxy) is 1. The lowest BCUT2D eigenvalue weighted by Gasteiger charge is -2.09. The van der Waals surface area contributed by atoms with Gasteiger partial charge in [0.05, 0.1) is 18.5 Å². The second kappa shape index (κ2) is 5.00. The highest BCUT2D eigenvalue weighted by Crippen LogP contribution is 2.22. The molecule has 1 aliphatic carbocycles. The third-order valence-corrected chi connectivity index (χ3v) is 3.66. The van der Waals surface area contributed by atoms with Crippen LogP contribution in [0.3, 0.4) is 0 Å². The predicted octanol–water partition coefficient (Wildman–Crippen LogP) is 2.24. The summed E-state index contributed by atoms with van der Waals surface area (Å²) in [5.41, 5.74) is 2.10. The van der Waals surface area contributed by atoms with Crippen LogP contribution in [-0.2, 0) is 12.8 Å². The summed E-state index contributed by atoms with van der Waals surface area (Å²) in [5.74, 6) is 0.514. The Kier molecular flexibility index (Phi) is 3.18. The van der Waals surface area contributed by atoms with Crippen molar-refractivity contribution in [1.29, 1.82) is 0 Å². The van der Waals surface area contributed by atoms with Crippen molar-refractivity contribution in [3.63, 3.8) is 0 Å². The van der Waals surface area contributed by atoms with Crippen molar-refractivity contribution in [2.45, 2.75) is 25.7 Å². The molecule has 0 fully saturated rings. The van der Waals surface area contributed by atoms with E-state index in [9.17, 15) is 10.0 Å². The fourth-order valence-electron chi connectivity index (χ4n) is 2.54. The van der Waals surface area contributed by atoms with Gasteiger partial charge in [0.15, 0.2) is 0 Å². The van der Waals surface area contributed by atoms with Gasteiger partial charge in [-0.1, -0.05) is 0 Å². The molecule has 2 aromatic rings. The van der Waals surface area contributed by atoms with Crippen LogP contribution in [0.25, 0.3) is 0 Å². The third-order valence-electron chi connectivity index (χ3n) is 3.66. The summed E-state index contributed by atoms with van der Waals surface area (Å²) in [4.78, 5) is 16.7. The highest BCUT2D eigenvalue weighted by Gasteiger charge is 2.24. The molecule has 0 saturated carbocycles. The summed E-state index contributed by atoms with van der Waals surface area (Å²) in [6.07, 6.45) is 3.68. The van der Waals surface area contributed by atoms with Gasteiger partial charge in [-0.15, -0.1) is 0 Å². The van der Waals surface area contributed by atoms with E-state index >= 15 is 0 Å². The number of carbonyl (C=O) groups is 1. The first-order valence-corrected chi connectivity index (χ1v) is 6.69. The number of rotatable bonds is 3. The highest BCUT2D eigenvalue weighted by molar-refractivity contribution is 6.06. The normalized spacial score (nSPS) is 13.8. The number of methoxy groups -OCH3 is 1. The summed E-state index contributed by atoms with van der Waals surface area (Å²) in [6.45, 7) is 0. The monoisotopic (exact) mass is 272 g/mol. The molecule has 3 rings (SSSR count). The van der Waals surface area contributed by atoms with Crippen LogP contribution in [0.5, 0.6) is 5.75 Å². The van der Waals surface area contributed by atoms with Crippen molar-refractivity contribution in [1.82, 2.24) is 9.71 Å². The standard InChI is InChI=1S/C15H16N2O3/c1-20-11-8-6-10(7-9-11)14(18)15-16-12-4-2-3-5-13(12)17(15)19/h6-9,19H,2-5H2,1H3. The van der Waals surface area contributed by atoms with Crippen molar-refractivity contribution in [2.75, 3.05) is 7.11 Å². The summed E-state index contributed by atoms with van der Waals surface area (Å²) in [6, 6.07) is 6.79. The van der Waals surface area contributed by atoms with Crippen LogP contribution >= 0.6 is 0 Å². The van der Waals surface area contributed by atoms with E-state index in [-0.39, 0.29) is 11.6 Å². The van der Waals surface area contributed by atoms with Gasteiger partial charge in [-0.25, -0.2) is 4.98 Å². The molecule has 0 aliphatic heterocycles. The molecule has 5 heteroatoms. The lowest BCUT2D eigenvalue weighted by molar-refractivity contribution is 0.0970. The highest BCUT2D eigenvalue weighted by atomic mass is 16.5. The molecule has 1 aromatic carbocycles. The maximum atomic E-state index is 12.4. The molecule has 1 heterocycles. The average Bonchev–Trinajstić information content (AvgIpc) is 2.84. The van der Waals surface area contributed by atoms with Gasteiger partial charge < -0.3 is 9.94 Å². The average molecular weight is 272 g/mol. The Bertz CT molecular complexity index is 644. The van der Waals surface area contributed by atoms with Gasteiger partial charge in [-0.2, -0.15) is 4.73 Å². The Morgan fingerprint density at radius 3 is 2.60 bits per heavy atom. The first kappa shape index (κ1) is 12.7. The quantitative estimate of drug-likeness (QED) is 0.687. The number of nitrogens with zero attached hydrogens (tertiary/aromatic N) is 2. The molecular weight excluding hydrogens is 256 g/mol. The lowest BCUT2D eigenvalue weighted by Crippen LogP contribution is -2.12. The van der Waals surface area contributed by atoms with E-state index in [1.165, 1.54) is 0 Å². The fraction of sp³-hybridized carbons (Fsp3) is 0.333. The Balaban J connectivity index is 1.95. The van der Waals surface area contributed by atoms with Gasteiger partial charge in [-0.3, -0.25) is 4.79 Å². The van der Waals surface area contributed by atoms with Crippen molar-refractivity contribution in [3.8, 4) is 5.75 Å². The van der Waals surface area contributed by atoms with Crippen LogP contribution in [0.15, 0.2) is 24.3 Å². The Labute approximate surface area is 116 Å². The molecule has 0 radical (unpaired) electrons. The number of aryl methyl sites for hydroxylation is 1. The second-order valence-corrected chi connectivity index (χ2v) is 4.91. The van der Waals surface area contributed by atoms with Crippen LogP contribution in [-0.4, -0.2) is 27.8 Å². The van der Waals surface area contributed by atoms with Crippen LogP contribution in [0.2, 0.25) is 0 Å². The molecule has 20 heavy (non-hydrogen) atoms. The fourth-order valence-corrected chi connectivity index (χ4v) is 2.54. The first-order chi connectivity index (χ1) is 9.70. The smallest absolute Gasteiger partial charge is 0.231 e. The van der Waals surface area contributed by atoms with Crippen LogP contribution in [0.1, 0.15) is 40.4 Å². The van der Waals surface area contributed by atoms with E-state index < -0.39 is 0 Å². The zero-order valence-corrected chi connectivity index (χ0v) is 11.3. The van der Waals surface area contributed by atoms with Gasteiger partial charge >= 0.3 is 0 Å². The molecule has 0 unspecified atom stereocenters. The minimum absolute atomic E-state index is 0.0991. The number of fused-ring (bicyclic) bond motifs is 1. The van der Waals surface area contributed by atoms with Crippen molar-refractivity contribution in [3.05, 3.63) is 47.0 Å². The Morgan fingerprint density at radius 1 is 1.25 bits per heavy atom. The molecule has 104 valence electrons. The van der Waals surface area contributed by atoms with Crippen LogP contribution < -0.4 is 4.74 Å². The summed E-state index contributed by atoms with van der Waals surface area (Å²) in [7, 11) is 1.57. The molecule has 0 bridgehead atoms. The van der Waals surface area contributed by atoms with Gasteiger partial charge in [0.1, 0.15) is 5.75 Å². The second-order valence-electron chi connectivity index (χ2n) is 4.91. The Morgan fingerprint density at radius 2 is 1.95 bits per heavy atom. The molecule has 5 nitrogen and oxygen atoms in total. The zero-order valence-electron chi connectivity index (χ0n) is 11.3. The van der Waals surface area contributed by atoms with Crippen LogP contribution in [0, 0.1) is 0 Å². The lowest BCUT2D eigenvalue weighted by atomic mass is 10.0. The van der Waals surface area contributed by atoms with Gasteiger partial charge in [-0.05, 0) is 49.9 Å². The van der Waals surface area contributed by atoms with Gasteiger partial charge in [0.25, 0.3) is 0 Å². The number of hydrogen-bond acceptors (Lipinski definition) is 4. The number of hydrogen-bond donors (Lipinski definition) is 1. The van der Waals surface area contributed by atoms with E-state index in [0.29, 0.717) is 11.3 Å². The van der Waals surface area contributed by atoms with Crippen molar-refractivity contribution in [2.24, 2.45) is 0 Å². The number of benzene rings is 1. The minimum Gasteiger partial charge on any atom is -0.497 e. The summed E-state index contributed by atoms with van der Waals surface area (Å²) < 4.78 is 6.02. The molecule has 0 atom stereocenters. The maximum absolute atomic E-state index is 12.4.